The maximum Gasteiger partial charge on any atom is 0.387 e. The van der Waals surface area contributed by atoms with Crippen LogP contribution in [0.2, 0.25) is 5.02 Å². The zero-order chi connectivity index (χ0) is 15.4. The smallest absolute Gasteiger partial charge is 0.387 e. The normalized spacial score (nSPS) is 12.5. The molecule has 0 aliphatic rings. The van der Waals surface area contributed by atoms with Crippen LogP contribution in [0.25, 0.3) is 0 Å². The minimum absolute atomic E-state index is 0.100. The molecule has 0 fully saturated rings. The summed E-state index contributed by atoms with van der Waals surface area (Å²) in [6, 6.07) is 11.8. The summed E-state index contributed by atoms with van der Waals surface area (Å²) in [6.45, 7) is -0.928. The van der Waals surface area contributed by atoms with Gasteiger partial charge in [0.05, 0.1) is 0 Å². The maximum absolute atomic E-state index is 12.4. The van der Waals surface area contributed by atoms with Gasteiger partial charge in [-0.1, -0.05) is 41.9 Å². The fourth-order valence-electron chi connectivity index (χ4n) is 2.15. The van der Waals surface area contributed by atoms with Crippen molar-refractivity contribution in [2.75, 3.05) is 0 Å². The van der Waals surface area contributed by atoms with Crippen molar-refractivity contribution < 1.29 is 13.5 Å². The van der Waals surface area contributed by atoms with Gasteiger partial charge in [0.25, 0.3) is 0 Å². The van der Waals surface area contributed by atoms with E-state index in [1.807, 2.05) is 25.1 Å². The number of rotatable bonds is 5. The maximum atomic E-state index is 12.4. The SMILES string of the molecule is Cc1ccc(CC(N)c2ccccc2OC(F)F)c(Cl)c1. The Morgan fingerprint density at radius 2 is 1.90 bits per heavy atom. The van der Waals surface area contributed by atoms with Gasteiger partial charge in [-0.3, -0.25) is 0 Å². The van der Waals surface area contributed by atoms with Crippen LogP contribution in [0.3, 0.4) is 0 Å². The molecule has 2 nitrogen and oxygen atoms in total. The van der Waals surface area contributed by atoms with Gasteiger partial charge in [0, 0.05) is 16.6 Å². The van der Waals surface area contributed by atoms with Crippen molar-refractivity contribution in [2.45, 2.75) is 26.0 Å². The Labute approximate surface area is 127 Å². The fourth-order valence-corrected chi connectivity index (χ4v) is 2.47. The van der Waals surface area contributed by atoms with Crippen molar-refractivity contribution in [1.29, 1.82) is 0 Å². The van der Waals surface area contributed by atoms with Gasteiger partial charge in [-0.2, -0.15) is 8.78 Å². The van der Waals surface area contributed by atoms with Gasteiger partial charge in [0.1, 0.15) is 5.75 Å². The molecule has 0 amide bonds. The molecule has 0 aliphatic carbocycles. The molecule has 2 rings (SSSR count). The number of hydrogen-bond acceptors (Lipinski definition) is 2. The molecule has 2 N–H and O–H groups in total. The second-order valence-electron chi connectivity index (χ2n) is 4.82. The predicted octanol–water partition coefficient (Wildman–Crippen LogP) is 4.49. The Hall–Kier alpha value is -1.65. The lowest BCUT2D eigenvalue weighted by atomic mass is 9.98. The molecule has 1 atom stereocenters. The van der Waals surface area contributed by atoms with Crippen molar-refractivity contribution >= 4 is 11.6 Å². The first-order valence-electron chi connectivity index (χ1n) is 6.51. The van der Waals surface area contributed by atoms with Crippen LogP contribution in [-0.4, -0.2) is 6.61 Å². The van der Waals surface area contributed by atoms with E-state index in [0.717, 1.165) is 11.1 Å². The Bertz CT molecular complexity index is 619. The molecule has 0 aliphatic heterocycles. The predicted molar refractivity (Wildman–Crippen MR) is 79.9 cm³/mol. The molecule has 2 aromatic carbocycles. The highest BCUT2D eigenvalue weighted by Crippen LogP contribution is 2.29. The number of hydrogen-bond donors (Lipinski definition) is 1. The van der Waals surface area contributed by atoms with Crippen LogP contribution in [0.4, 0.5) is 8.78 Å². The van der Waals surface area contributed by atoms with E-state index < -0.39 is 12.7 Å². The van der Waals surface area contributed by atoms with Gasteiger partial charge in [0.2, 0.25) is 0 Å². The Balaban J connectivity index is 2.22. The van der Waals surface area contributed by atoms with Crippen LogP contribution in [0.1, 0.15) is 22.7 Å². The molecule has 21 heavy (non-hydrogen) atoms. The first kappa shape index (κ1) is 15.7. The molecule has 0 spiro atoms. The van der Waals surface area contributed by atoms with Crippen molar-refractivity contribution in [2.24, 2.45) is 5.73 Å². The monoisotopic (exact) mass is 311 g/mol. The van der Waals surface area contributed by atoms with Gasteiger partial charge in [-0.05, 0) is 36.6 Å². The van der Waals surface area contributed by atoms with Gasteiger partial charge in [-0.15, -0.1) is 0 Å². The zero-order valence-corrected chi connectivity index (χ0v) is 12.3. The molecule has 0 radical (unpaired) electrons. The summed E-state index contributed by atoms with van der Waals surface area (Å²) in [5.41, 5.74) is 8.59. The molecule has 0 bridgehead atoms. The quantitative estimate of drug-likeness (QED) is 0.883. The number of ether oxygens (including phenoxy) is 1. The molecular formula is C16H16ClF2NO. The average molecular weight is 312 g/mol. The van der Waals surface area contributed by atoms with Crippen molar-refractivity contribution in [3.8, 4) is 5.75 Å². The van der Waals surface area contributed by atoms with E-state index in [1.165, 1.54) is 6.07 Å². The highest BCUT2D eigenvalue weighted by Gasteiger charge is 2.16. The summed E-state index contributed by atoms with van der Waals surface area (Å²) in [4.78, 5) is 0. The van der Waals surface area contributed by atoms with Gasteiger partial charge < -0.3 is 10.5 Å². The second kappa shape index (κ2) is 6.87. The van der Waals surface area contributed by atoms with Crippen LogP contribution >= 0.6 is 11.6 Å². The summed E-state index contributed by atoms with van der Waals surface area (Å²) < 4.78 is 29.3. The second-order valence-corrected chi connectivity index (χ2v) is 5.23. The minimum Gasteiger partial charge on any atom is -0.434 e. The highest BCUT2D eigenvalue weighted by atomic mass is 35.5. The van der Waals surface area contributed by atoms with Crippen molar-refractivity contribution in [3.63, 3.8) is 0 Å². The number of aryl methyl sites for hydroxylation is 1. The fraction of sp³-hybridized carbons (Fsp3) is 0.250. The van der Waals surface area contributed by atoms with Gasteiger partial charge in [-0.25, -0.2) is 0 Å². The first-order valence-corrected chi connectivity index (χ1v) is 6.89. The first-order chi connectivity index (χ1) is 9.97. The lowest BCUT2D eigenvalue weighted by molar-refractivity contribution is -0.0506. The van der Waals surface area contributed by atoms with Gasteiger partial charge >= 0.3 is 6.61 Å². The number of halogens is 3. The van der Waals surface area contributed by atoms with E-state index in [9.17, 15) is 8.78 Å². The molecule has 0 saturated carbocycles. The molecule has 0 saturated heterocycles. The largest absolute Gasteiger partial charge is 0.434 e. The topological polar surface area (TPSA) is 35.2 Å². The van der Waals surface area contributed by atoms with Crippen LogP contribution in [-0.2, 0) is 6.42 Å². The molecular weight excluding hydrogens is 296 g/mol. The third-order valence-corrected chi connectivity index (χ3v) is 3.53. The van der Waals surface area contributed by atoms with Crippen LogP contribution in [0.15, 0.2) is 42.5 Å². The van der Waals surface area contributed by atoms with Crippen LogP contribution in [0, 0.1) is 6.92 Å². The highest BCUT2D eigenvalue weighted by molar-refractivity contribution is 6.31. The summed E-state index contributed by atoms with van der Waals surface area (Å²) in [5, 5.41) is 0.623. The summed E-state index contributed by atoms with van der Waals surface area (Å²) in [5.74, 6) is 0.100. The molecule has 5 heteroatoms. The molecule has 2 aromatic rings. The summed E-state index contributed by atoms with van der Waals surface area (Å²) in [7, 11) is 0. The molecule has 0 aromatic heterocycles. The van der Waals surface area contributed by atoms with Gasteiger partial charge in [0.15, 0.2) is 0 Å². The zero-order valence-electron chi connectivity index (χ0n) is 11.5. The number of para-hydroxylation sites is 1. The number of benzene rings is 2. The Morgan fingerprint density at radius 3 is 2.57 bits per heavy atom. The standard InChI is InChI=1S/C16H16ClF2NO/c1-10-6-7-11(13(17)8-10)9-14(20)12-4-2-3-5-15(12)21-16(18)19/h2-8,14,16H,9,20H2,1H3. The minimum atomic E-state index is -2.87. The van der Waals surface area contributed by atoms with Crippen molar-refractivity contribution in [3.05, 3.63) is 64.2 Å². The van der Waals surface area contributed by atoms with Crippen molar-refractivity contribution in [1.82, 2.24) is 0 Å². The molecule has 0 heterocycles. The van der Waals surface area contributed by atoms with Crippen LogP contribution < -0.4 is 10.5 Å². The van der Waals surface area contributed by atoms with Crippen LogP contribution in [0.5, 0.6) is 5.75 Å². The van der Waals surface area contributed by atoms with E-state index in [1.54, 1.807) is 18.2 Å². The molecule has 1 unspecified atom stereocenters. The number of nitrogens with two attached hydrogens (primary N) is 1. The lowest BCUT2D eigenvalue weighted by Gasteiger charge is -2.17. The van der Waals surface area contributed by atoms with E-state index in [4.69, 9.17) is 17.3 Å². The summed E-state index contributed by atoms with van der Waals surface area (Å²) in [6.07, 6.45) is 0.447. The summed E-state index contributed by atoms with van der Waals surface area (Å²) >= 11 is 6.18. The Kier molecular flexibility index (Phi) is 5.15. The average Bonchev–Trinajstić information content (AvgIpc) is 2.42. The van der Waals surface area contributed by atoms with E-state index in [0.29, 0.717) is 17.0 Å². The third kappa shape index (κ3) is 4.16. The lowest BCUT2D eigenvalue weighted by Crippen LogP contribution is -2.16. The number of alkyl halides is 2. The third-order valence-electron chi connectivity index (χ3n) is 3.18. The van der Waals surface area contributed by atoms with E-state index >= 15 is 0 Å². The molecule has 112 valence electrons. The van der Waals surface area contributed by atoms with E-state index in [-0.39, 0.29) is 5.75 Å². The van der Waals surface area contributed by atoms with E-state index in [2.05, 4.69) is 4.74 Å². The Morgan fingerprint density at radius 1 is 1.19 bits per heavy atom.